The van der Waals surface area contributed by atoms with Crippen molar-refractivity contribution in [2.45, 2.75) is 0 Å². The highest BCUT2D eigenvalue weighted by atomic mass is 16.8. The fraction of sp³-hybridized carbons (Fsp3) is 0. The summed E-state index contributed by atoms with van der Waals surface area (Å²) in [6.07, 6.45) is -5.98. The van der Waals surface area contributed by atoms with Crippen molar-refractivity contribution >= 4 is 24.6 Å². The van der Waals surface area contributed by atoms with E-state index in [4.69, 9.17) is 19.7 Å². The van der Waals surface area contributed by atoms with Gasteiger partial charge in [0.1, 0.15) is 0 Å². The van der Waals surface area contributed by atoms with Gasteiger partial charge >= 0.3 is 24.6 Å². The highest BCUT2D eigenvalue weighted by Crippen LogP contribution is 2.42. The first-order valence-electron chi connectivity index (χ1n) is 7.04. The molecule has 0 aromatic heterocycles. The number of fused-ring (bicyclic) bond motifs is 1. The summed E-state index contributed by atoms with van der Waals surface area (Å²) >= 11 is 0. The molecule has 1 aliphatic heterocycles. The summed E-state index contributed by atoms with van der Waals surface area (Å²) in [4.78, 5) is 44.4. The van der Waals surface area contributed by atoms with Crippen LogP contribution in [0.15, 0.2) is 36.4 Å². The van der Waals surface area contributed by atoms with Gasteiger partial charge in [-0.25, -0.2) is 19.2 Å². The fourth-order valence-corrected chi connectivity index (χ4v) is 2.24. The molecule has 3 rings (SSSR count). The SMILES string of the molecule is O=C(O)Oc1ccc(-c2cccc3c2OC(=O)OC(=O)O3)cc1OC(=O)O. The van der Waals surface area contributed by atoms with Crippen LogP contribution >= 0.6 is 0 Å². The Morgan fingerprint density at radius 3 is 2.19 bits per heavy atom. The average Bonchev–Trinajstić information content (AvgIpc) is 2.71. The van der Waals surface area contributed by atoms with E-state index in [0.717, 1.165) is 12.1 Å². The van der Waals surface area contributed by atoms with Gasteiger partial charge in [-0.3, -0.25) is 0 Å². The Bertz CT molecular complexity index is 963. The number of hydrogen-bond donors (Lipinski definition) is 2. The van der Waals surface area contributed by atoms with Gasteiger partial charge in [0.2, 0.25) is 0 Å². The summed E-state index contributed by atoms with van der Waals surface area (Å²) in [5.74, 6) is -1.08. The standard InChI is InChI=1S/C16H8O11/c17-13(18)23-9-5-4-7(6-11(9)24-14(19)20)8-2-1-3-10-12(8)26-16(22)27-15(21)25-10/h1-6H,(H,17,18)(H,19,20). The van der Waals surface area contributed by atoms with Crippen molar-refractivity contribution in [2.75, 3.05) is 0 Å². The first kappa shape index (κ1) is 17.5. The molecule has 0 saturated heterocycles. The Morgan fingerprint density at radius 1 is 0.815 bits per heavy atom. The molecule has 0 bridgehead atoms. The van der Waals surface area contributed by atoms with E-state index < -0.39 is 30.4 Å². The summed E-state index contributed by atoms with van der Waals surface area (Å²) in [6, 6.07) is 7.92. The average molecular weight is 376 g/mol. The molecular weight excluding hydrogens is 368 g/mol. The third-order valence-electron chi connectivity index (χ3n) is 3.17. The second-order valence-corrected chi connectivity index (χ2v) is 4.84. The molecule has 27 heavy (non-hydrogen) atoms. The number of cyclic esters (lactones) is 2. The van der Waals surface area contributed by atoms with Crippen LogP contribution in [0.2, 0.25) is 0 Å². The normalized spacial score (nSPS) is 12.6. The highest BCUT2D eigenvalue weighted by Gasteiger charge is 2.27. The molecule has 2 N–H and O–H groups in total. The molecular formula is C16H8O11. The molecule has 0 amide bonds. The molecule has 0 fully saturated rings. The summed E-state index contributed by atoms with van der Waals surface area (Å²) < 4.78 is 23.0. The summed E-state index contributed by atoms with van der Waals surface area (Å²) in [5.41, 5.74) is 0.447. The second-order valence-electron chi connectivity index (χ2n) is 4.84. The number of carboxylic acid groups (broad SMARTS) is 2. The first-order chi connectivity index (χ1) is 12.8. The maximum atomic E-state index is 11.5. The number of carbonyl (C=O) groups is 4. The lowest BCUT2D eigenvalue weighted by Gasteiger charge is -2.12. The van der Waals surface area contributed by atoms with Crippen LogP contribution in [0, 0.1) is 0 Å². The number of hydrogen-bond acceptors (Lipinski definition) is 9. The van der Waals surface area contributed by atoms with Gasteiger partial charge in [-0.2, -0.15) is 0 Å². The van der Waals surface area contributed by atoms with Crippen molar-refractivity contribution in [3.8, 4) is 34.1 Å². The van der Waals surface area contributed by atoms with Crippen LogP contribution in [-0.2, 0) is 4.74 Å². The van der Waals surface area contributed by atoms with E-state index >= 15 is 0 Å². The van der Waals surface area contributed by atoms with Crippen LogP contribution in [0.4, 0.5) is 19.2 Å². The van der Waals surface area contributed by atoms with E-state index in [1.807, 2.05) is 0 Å². The molecule has 0 saturated carbocycles. The molecule has 2 aromatic carbocycles. The molecule has 1 aliphatic rings. The van der Waals surface area contributed by atoms with Gasteiger partial charge in [0.15, 0.2) is 23.0 Å². The zero-order chi connectivity index (χ0) is 19.6. The van der Waals surface area contributed by atoms with Gasteiger partial charge in [0.25, 0.3) is 0 Å². The van der Waals surface area contributed by atoms with Crippen LogP contribution in [0.5, 0.6) is 23.0 Å². The second kappa shape index (κ2) is 6.92. The van der Waals surface area contributed by atoms with E-state index in [0.29, 0.717) is 0 Å². The van der Waals surface area contributed by atoms with Gasteiger partial charge in [0.05, 0.1) is 0 Å². The number of carbonyl (C=O) groups excluding carboxylic acids is 2. The summed E-state index contributed by atoms with van der Waals surface area (Å²) in [5, 5.41) is 17.5. The molecule has 0 radical (unpaired) electrons. The first-order valence-corrected chi connectivity index (χ1v) is 7.04. The van der Waals surface area contributed by atoms with Crippen LogP contribution in [0.3, 0.4) is 0 Å². The van der Waals surface area contributed by atoms with Crippen LogP contribution in [0.25, 0.3) is 11.1 Å². The zero-order valence-electron chi connectivity index (χ0n) is 13.0. The minimum atomic E-state index is -1.71. The van der Waals surface area contributed by atoms with Crippen molar-refractivity contribution in [1.29, 1.82) is 0 Å². The molecule has 0 unspecified atom stereocenters. The topological polar surface area (TPSA) is 155 Å². The van der Waals surface area contributed by atoms with Crippen molar-refractivity contribution in [3.63, 3.8) is 0 Å². The third kappa shape index (κ3) is 3.87. The predicted octanol–water partition coefficient (Wildman–Crippen LogP) is 3.50. The maximum Gasteiger partial charge on any atom is 0.524 e. The quantitative estimate of drug-likeness (QED) is 0.459. The van der Waals surface area contributed by atoms with Gasteiger partial charge < -0.3 is 33.9 Å². The molecule has 0 aliphatic carbocycles. The molecule has 11 nitrogen and oxygen atoms in total. The van der Waals surface area contributed by atoms with E-state index in [1.54, 1.807) is 0 Å². The van der Waals surface area contributed by atoms with Crippen molar-refractivity contribution < 1.29 is 53.1 Å². The Kier molecular flexibility index (Phi) is 4.49. The van der Waals surface area contributed by atoms with Crippen LogP contribution in [0.1, 0.15) is 0 Å². The lowest BCUT2D eigenvalue weighted by molar-refractivity contribution is 0.0997. The van der Waals surface area contributed by atoms with Gasteiger partial charge in [0, 0.05) is 5.56 Å². The van der Waals surface area contributed by atoms with Gasteiger partial charge in [-0.05, 0) is 23.8 Å². The Labute approximate surface area is 149 Å². The molecule has 1 heterocycles. The number of ether oxygens (including phenoxy) is 5. The minimum Gasteiger partial charge on any atom is -0.449 e. The predicted molar refractivity (Wildman–Crippen MR) is 82.3 cm³/mol. The zero-order valence-corrected chi connectivity index (χ0v) is 13.0. The molecule has 0 spiro atoms. The lowest BCUT2D eigenvalue weighted by atomic mass is 10.0. The fourth-order valence-electron chi connectivity index (χ4n) is 2.24. The Morgan fingerprint density at radius 2 is 1.48 bits per heavy atom. The lowest BCUT2D eigenvalue weighted by Crippen LogP contribution is -2.14. The Hall–Kier alpha value is -4.28. The van der Waals surface area contributed by atoms with Crippen molar-refractivity contribution in [2.24, 2.45) is 0 Å². The highest BCUT2D eigenvalue weighted by molar-refractivity contribution is 5.87. The van der Waals surface area contributed by atoms with E-state index in [1.165, 1.54) is 24.3 Å². The third-order valence-corrected chi connectivity index (χ3v) is 3.17. The number of rotatable bonds is 3. The van der Waals surface area contributed by atoms with Gasteiger partial charge in [-0.1, -0.05) is 18.2 Å². The molecule has 11 heteroatoms. The van der Waals surface area contributed by atoms with Gasteiger partial charge in [-0.15, -0.1) is 0 Å². The maximum absolute atomic E-state index is 11.5. The number of para-hydroxylation sites is 1. The van der Waals surface area contributed by atoms with Crippen LogP contribution in [-0.4, -0.2) is 34.8 Å². The molecule has 138 valence electrons. The minimum absolute atomic E-state index is 0.116. The van der Waals surface area contributed by atoms with Crippen molar-refractivity contribution in [1.82, 2.24) is 0 Å². The van der Waals surface area contributed by atoms with Crippen LogP contribution < -0.4 is 18.9 Å². The Balaban J connectivity index is 2.10. The van der Waals surface area contributed by atoms with E-state index in [-0.39, 0.29) is 28.4 Å². The van der Waals surface area contributed by atoms with E-state index in [2.05, 4.69) is 14.2 Å². The smallest absolute Gasteiger partial charge is 0.449 e. The largest absolute Gasteiger partial charge is 0.524 e. The molecule has 2 aromatic rings. The van der Waals surface area contributed by atoms with E-state index in [9.17, 15) is 19.2 Å². The summed E-state index contributed by atoms with van der Waals surface area (Å²) in [6.45, 7) is 0. The number of benzene rings is 2. The summed E-state index contributed by atoms with van der Waals surface area (Å²) in [7, 11) is 0. The monoisotopic (exact) mass is 376 g/mol. The van der Waals surface area contributed by atoms with Crippen molar-refractivity contribution in [3.05, 3.63) is 36.4 Å². The molecule has 0 atom stereocenters.